The largest absolute Gasteiger partial charge is 0.495 e. The van der Waals surface area contributed by atoms with Crippen molar-refractivity contribution in [1.82, 2.24) is 0 Å². The number of carbonyl (C=O) groups is 1. The lowest BCUT2D eigenvalue weighted by Crippen LogP contribution is -2.34. The second kappa shape index (κ2) is 7.66. The summed E-state index contributed by atoms with van der Waals surface area (Å²) in [5.41, 5.74) is 2.29. The van der Waals surface area contributed by atoms with Crippen molar-refractivity contribution in [2.45, 2.75) is 13.0 Å². The number of aliphatic imine (C=N–C) groups is 1. The van der Waals surface area contributed by atoms with E-state index in [1.807, 2.05) is 59.5 Å². The highest BCUT2D eigenvalue weighted by atomic mass is 16.5. The summed E-state index contributed by atoms with van der Waals surface area (Å²) >= 11 is 0. The Morgan fingerprint density at radius 3 is 2.56 bits per heavy atom. The minimum atomic E-state index is -0.367. The van der Waals surface area contributed by atoms with E-state index in [1.54, 1.807) is 26.6 Å². The lowest BCUT2D eigenvalue weighted by atomic mass is 9.96. The Hall–Kier alpha value is -3.08. The van der Waals surface area contributed by atoms with E-state index in [0.29, 0.717) is 17.9 Å². The van der Waals surface area contributed by atoms with Crippen molar-refractivity contribution in [2.24, 2.45) is 4.99 Å². The van der Waals surface area contributed by atoms with Gasteiger partial charge in [-0.05, 0) is 24.6 Å². The Labute approximate surface area is 147 Å². The van der Waals surface area contributed by atoms with Crippen LogP contribution >= 0.6 is 0 Å². The molecule has 128 valence electrons. The molecule has 1 atom stereocenters. The zero-order valence-corrected chi connectivity index (χ0v) is 14.3. The van der Waals surface area contributed by atoms with Crippen molar-refractivity contribution in [3.8, 4) is 5.75 Å². The van der Waals surface area contributed by atoms with Crippen LogP contribution in [0.25, 0.3) is 0 Å². The monoisotopic (exact) mass is 336 g/mol. The number of hydrogen-bond donors (Lipinski definition) is 0. The van der Waals surface area contributed by atoms with E-state index in [9.17, 15) is 4.79 Å². The van der Waals surface area contributed by atoms with Gasteiger partial charge in [-0.25, -0.2) is 9.79 Å². The third-order valence-corrected chi connectivity index (χ3v) is 3.97. The highest BCUT2D eigenvalue weighted by Gasteiger charge is 2.32. The van der Waals surface area contributed by atoms with Crippen LogP contribution in [-0.4, -0.2) is 26.0 Å². The first-order chi connectivity index (χ1) is 12.3. The number of esters is 1. The van der Waals surface area contributed by atoms with E-state index < -0.39 is 0 Å². The average molecular weight is 336 g/mol. The van der Waals surface area contributed by atoms with Gasteiger partial charge in [-0.2, -0.15) is 0 Å². The number of hydrogen-bond acceptors (Lipinski definition) is 5. The maximum atomic E-state index is 12.5. The van der Waals surface area contributed by atoms with Crippen molar-refractivity contribution >= 4 is 18.0 Å². The number of benzene rings is 2. The molecule has 1 aliphatic rings. The number of nitrogens with zero attached hydrogens (tertiary/aromatic N) is 2. The van der Waals surface area contributed by atoms with Gasteiger partial charge in [-0.3, -0.25) is 0 Å². The normalized spacial score (nSPS) is 16.3. The first-order valence-corrected chi connectivity index (χ1v) is 8.13. The summed E-state index contributed by atoms with van der Waals surface area (Å²) in [5, 5.41) is 0. The fourth-order valence-corrected chi connectivity index (χ4v) is 2.87. The summed E-state index contributed by atoms with van der Waals surface area (Å²) in [6, 6.07) is 17.1. The SMILES string of the molecule is CCOC(=O)C1=CN=CN(c2ccccc2OC)C1c1ccccc1. The Balaban J connectivity index is 2.09. The van der Waals surface area contributed by atoms with E-state index in [1.165, 1.54) is 0 Å². The maximum Gasteiger partial charge on any atom is 0.338 e. The molecule has 0 saturated carbocycles. The molecule has 0 bridgehead atoms. The molecule has 2 aromatic rings. The number of anilines is 1. The number of para-hydroxylation sites is 2. The van der Waals surface area contributed by atoms with Gasteiger partial charge in [0, 0.05) is 6.20 Å². The average Bonchev–Trinajstić information content (AvgIpc) is 2.68. The molecule has 0 spiro atoms. The Morgan fingerprint density at radius 1 is 1.12 bits per heavy atom. The van der Waals surface area contributed by atoms with Gasteiger partial charge < -0.3 is 14.4 Å². The highest BCUT2D eigenvalue weighted by molar-refractivity contribution is 5.96. The smallest absolute Gasteiger partial charge is 0.338 e. The lowest BCUT2D eigenvalue weighted by Gasteiger charge is -2.34. The lowest BCUT2D eigenvalue weighted by molar-refractivity contribution is -0.138. The van der Waals surface area contributed by atoms with Crippen LogP contribution in [0, 0.1) is 0 Å². The van der Waals surface area contributed by atoms with Gasteiger partial charge in [0.25, 0.3) is 0 Å². The van der Waals surface area contributed by atoms with Gasteiger partial charge in [-0.1, -0.05) is 42.5 Å². The molecule has 3 rings (SSSR count). The standard InChI is InChI=1S/C20H20N2O3/c1-3-25-20(23)16-13-21-14-22(17-11-7-8-12-18(17)24-2)19(16)15-9-5-4-6-10-15/h4-14,19H,3H2,1-2H3. The first-order valence-electron chi connectivity index (χ1n) is 8.13. The molecule has 2 aromatic carbocycles. The summed E-state index contributed by atoms with van der Waals surface area (Å²) in [4.78, 5) is 18.7. The summed E-state index contributed by atoms with van der Waals surface area (Å²) in [6.07, 6.45) is 3.28. The second-order valence-electron chi connectivity index (χ2n) is 5.46. The number of ether oxygens (including phenoxy) is 2. The molecule has 1 unspecified atom stereocenters. The molecule has 1 heterocycles. The zero-order chi connectivity index (χ0) is 17.6. The fraction of sp³-hybridized carbons (Fsp3) is 0.200. The molecular formula is C20H20N2O3. The summed E-state index contributed by atoms with van der Waals surface area (Å²) in [7, 11) is 1.62. The topological polar surface area (TPSA) is 51.1 Å². The van der Waals surface area contributed by atoms with Gasteiger partial charge in [-0.15, -0.1) is 0 Å². The van der Waals surface area contributed by atoms with Gasteiger partial charge in [0.05, 0.1) is 37.4 Å². The molecule has 0 N–H and O–H groups in total. The van der Waals surface area contributed by atoms with Crippen LogP contribution in [0.3, 0.4) is 0 Å². The van der Waals surface area contributed by atoms with E-state index >= 15 is 0 Å². The summed E-state index contributed by atoms with van der Waals surface area (Å²) in [5.74, 6) is 0.341. The Morgan fingerprint density at radius 2 is 1.84 bits per heavy atom. The quantitative estimate of drug-likeness (QED) is 0.781. The highest BCUT2D eigenvalue weighted by Crippen LogP contribution is 2.38. The molecule has 0 saturated heterocycles. The second-order valence-corrected chi connectivity index (χ2v) is 5.46. The zero-order valence-electron chi connectivity index (χ0n) is 14.3. The fourth-order valence-electron chi connectivity index (χ4n) is 2.87. The van der Waals surface area contributed by atoms with Crippen molar-refractivity contribution < 1.29 is 14.3 Å². The first kappa shape index (κ1) is 16.8. The molecule has 0 aromatic heterocycles. The minimum Gasteiger partial charge on any atom is -0.495 e. The van der Waals surface area contributed by atoms with Gasteiger partial charge in [0.1, 0.15) is 5.75 Å². The van der Waals surface area contributed by atoms with E-state index in [-0.39, 0.29) is 12.0 Å². The van der Waals surface area contributed by atoms with Crippen LogP contribution in [-0.2, 0) is 9.53 Å². The van der Waals surface area contributed by atoms with E-state index in [0.717, 1.165) is 11.3 Å². The van der Waals surface area contributed by atoms with Crippen molar-refractivity contribution in [3.05, 3.63) is 71.9 Å². The molecule has 5 nitrogen and oxygen atoms in total. The molecular weight excluding hydrogens is 316 g/mol. The van der Waals surface area contributed by atoms with Crippen LogP contribution < -0.4 is 9.64 Å². The van der Waals surface area contributed by atoms with Crippen molar-refractivity contribution in [3.63, 3.8) is 0 Å². The molecule has 0 amide bonds. The summed E-state index contributed by atoms with van der Waals surface area (Å²) in [6.45, 7) is 2.11. The van der Waals surface area contributed by atoms with Gasteiger partial charge >= 0.3 is 5.97 Å². The van der Waals surface area contributed by atoms with Crippen LogP contribution in [0.1, 0.15) is 18.5 Å². The minimum absolute atomic E-state index is 0.316. The molecule has 0 fully saturated rings. The van der Waals surface area contributed by atoms with Crippen molar-refractivity contribution in [1.29, 1.82) is 0 Å². The Kier molecular flexibility index (Phi) is 5.14. The number of rotatable bonds is 5. The van der Waals surface area contributed by atoms with Crippen LogP contribution in [0.5, 0.6) is 5.75 Å². The number of methoxy groups -OCH3 is 1. The third-order valence-electron chi connectivity index (χ3n) is 3.97. The van der Waals surface area contributed by atoms with E-state index in [4.69, 9.17) is 9.47 Å². The van der Waals surface area contributed by atoms with Gasteiger partial charge in [0.2, 0.25) is 0 Å². The van der Waals surface area contributed by atoms with Crippen LogP contribution in [0.4, 0.5) is 5.69 Å². The predicted octanol–water partition coefficient (Wildman–Crippen LogP) is 3.73. The maximum absolute atomic E-state index is 12.5. The summed E-state index contributed by atoms with van der Waals surface area (Å²) < 4.78 is 10.7. The molecule has 0 aliphatic carbocycles. The van der Waals surface area contributed by atoms with E-state index in [2.05, 4.69) is 4.99 Å². The van der Waals surface area contributed by atoms with Gasteiger partial charge in [0.15, 0.2) is 0 Å². The van der Waals surface area contributed by atoms with Crippen LogP contribution in [0.15, 0.2) is 71.4 Å². The molecule has 5 heteroatoms. The molecule has 0 radical (unpaired) electrons. The third kappa shape index (κ3) is 3.40. The Bertz CT molecular complexity index is 800. The molecule has 25 heavy (non-hydrogen) atoms. The predicted molar refractivity (Wildman–Crippen MR) is 97.9 cm³/mol. The number of carbonyl (C=O) groups excluding carboxylic acids is 1. The van der Waals surface area contributed by atoms with Crippen molar-refractivity contribution in [2.75, 3.05) is 18.6 Å². The molecule has 1 aliphatic heterocycles. The van der Waals surface area contributed by atoms with Crippen LogP contribution in [0.2, 0.25) is 0 Å².